The summed E-state index contributed by atoms with van der Waals surface area (Å²) < 4.78 is 5.43. The maximum Gasteiger partial charge on any atom is 0.258 e. The van der Waals surface area contributed by atoms with E-state index in [9.17, 15) is 9.59 Å². The number of ether oxygens (including phenoxy) is 1. The Kier molecular flexibility index (Phi) is 7.05. The van der Waals surface area contributed by atoms with Crippen LogP contribution in [-0.4, -0.2) is 32.0 Å². The van der Waals surface area contributed by atoms with E-state index in [0.717, 1.165) is 11.4 Å². The molecule has 3 rings (SSSR count). The molecule has 0 atom stereocenters. The summed E-state index contributed by atoms with van der Waals surface area (Å²) in [4.78, 5) is 26.4. The fraction of sp³-hybridized carbons (Fsp3) is 0.167. The first-order valence-electron chi connectivity index (χ1n) is 9.76. The van der Waals surface area contributed by atoms with Crippen molar-refractivity contribution in [2.45, 2.75) is 6.92 Å². The zero-order valence-electron chi connectivity index (χ0n) is 17.1. The van der Waals surface area contributed by atoms with Crippen molar-refractivity contribution in [1.29, 1.82) is 0 Å². The van der Waals surface area contributed by atoms with Crippen molar-refractivity contribution in [2.24, 2.45) is 0 Å². The van der Waals surface area contributed by atoms with Crippen LogP contribution in [0.25, 0.3) is 0 Å². The van der Waals surface area contributed by atoms with Gasteiger partial charge in [0.25, 0.3) is 5.91 Å². The summed E-state index contributed by atoms with van der Waals surface area (Å²) in [5.41, 5.74) is 2.84. The first kappa shape index (κ1) is 20.9. The van der Waals surface area contributed by atoms with Crippen LogP contribution >= 0.6 is 0 Å². The number of nitrogens with one attached hydrogen (secondary N) is 2. The van der Waals surface area contributed by atoms with Crippen LogP contribution in [0.4, 0.5) is 17.1 Å². The SMILES string of the molecule is CCOc1cccc(NC(=O)CNc2ccc(C(=O)N(C)c3ccccc3)cc2)c1. The summed E-state index contributed by atoms with van der Waals surface area (Å²) >= 11 is 0. The van der Waals surface area contributed by atoms with Gasteiger partial charge in [-0.25, -0.2) is 0 Å². The standard InChI is InChI=1S/C24H25N3O3/c1-3-30-22-11-7-8-20(16-22)26-23(28)17-25-19-14-12-18(13-15-19)24(29)27(2)21-9-5-4-6-10-21/h4-16,25H,3,17H2,1-2H3,(H,26,28). The second-order valence-corrected chi connectivity index (χ2v) is 6.64. The second kappa shape index (κ2) is 10.1. The summed E-state index contributed by atoms with van der Waals surface area (Å²) in [7, 11) is 1.74. The van der Waals surface area contributed by atoms with E-state index in [2.05, 4.69) is 10.6 Å². The Balaban J connectivity index is 1.53. The van der Waals surface area contributed by atoms with Crippen LogP contribution in [0, 0.1) is 0 Å². The minimum Gasteiger partial charge on any atom is -0.494 e. The van der Waals surface area contributed by atoms with Gasteiger partial charge in [-0.2, -0.15) is 0 Å². The molecule has 0 aliphatic rings. The average molecular weight is 403 g/mol. The Morgan fingerprint density at radius 1 is 0.900 bits per heavy atom. The van der Waals surface area contributed by atoms with Crippen molar-refractivity contribution >= 4 is 28.9 Å². The normalized spacial score (nSPS) is 10.2. The highest BCUT2D eigenvalue weighted by Crippen LogP contribution is 2.18. The van der Waals surface area contributed by atoms with E-state index in [1.165, 1.54) is 0 Å². The number of hydrogen-bond acceptors (Lipinski definition) is 4. The molecule has 0 aliphatic heterocycles. The number of nitrogens with zero attached hydrogens (tertiary/aromatic N) is 1. The summed E-state index contributed by atoms with van der Waals surface area (Å²) in [6, 6.07) is 23.8. The van der Waals surface area contributed by atoms with Crippen LogP contribution in [-0.2, 0) is 4.79 Å². The highest BCUT2D eigenvalue weighted by atomic mass is 16.5. The molecule has 6 nitrogen and oxygen atoms in total. The molecule has 0 spiro atoms. The molecule has 0 fully saturated rings. The lowest BCUT2D eigenvalue weighted by Gasteiger charge is -2.17. The number of carbonyl (C=O) groups excluding carboxylic acids is 2. The van der Waals surface area contributed by atoms with E-state index in [1.807, 2.05) is 55.5 Å². The number of anilines is 3. The Bertz CT molecular complexity index is 988. The lowest BCUT2D eigenvalue weighted by atomic mass is 10.1. The smallest absolute Gasteiger partial charge is 0.258 e. The van der Waals surface area contributed by atoms with Crippen molar-refractivity contribution in [1.82, 2.24) is 0 Å². The maximum absolute atomic E-state index is 12.6. The molecule has 6 heteroatoms. The van der Waals surface area contributed by atoms with Crippen molar-refractivity contribution in [3.8, 4) is 5.75 Å². The molecule has 3 aromatic rings. The van der Waals surface area contributed by atoms with Crippen molar-refractivity contribution in [2.75, 3.05) is 35.7 Å². The molecule has 2 N–H and O–H groups in total. The highest BCUT2D eigenvalue weighted by molar-refractivity contribution is 6.05. The Hall–Kier alpha value is -3.80. The van der Waals surface area contributed by atoms with E-state index in [4.69, 9.17) is 4.74 Å². The molecule has 0 saturated carbocycles. The molecule has 0 aliphatic carbocycles. The first-order valence-corrected chi connectivity index (χ1v) is 9.76. The lowest BCUT2D eigenvalue weighted by Crippen LogP contribution is -2.26. The van der Waals surface area contributed by atoms with Crippen LogP contribution in [0.2, 0.25) is 0 Å². The van der Waals surface area contributed by atoms with Gasteiger partial charge in [0.1, 0.15) is 5.75 Å². The van der Waals surface area contributed by atoms with Gasteiger partial charge in [-0.05, 0) is 55.5 Å². The van der Waals surface area contributed by atoms with Gasteiger partial charge in [-0.15, -0.1) is 0 Å². The number of hydrogen-bond donors (Lipinski definition) is 2. The largest absolute Gasteiger partial charge is 0.494 e. The summed E-state index contributed by atoms with van der Waals surface area (Å²) in [5, 5.41) is 5.89. The Morgan fingerprint density at radius 3 is 2.33 bits per heavy atom. The van der Waals surface area contributed by atoms with E-state index in [0.29, 0.717) is 23.6 Å². The van der Waals surface area contributed by atoms with Gasteiger partial charge in [0.15, 0.2) is 0 Å². The predicted molar refractivity (Wildman–Crippen MR) is 120 cm³/mol. The molecule has 0 aromatic heterocycles. The van der Waals surface area contributed by atoms with Crippen molar-refractivity contribution in [3.63, 3.8) is 0 Å². The second-order valence-electron chi connectivity index (χ2n) is 6.64. The molecular formula is C24H25N3O3. The van der Waals surface area contributed by atoms with E-state index in [-0.39, 0.29) is 18.4 Å². The molecule has 0 radical (unpaired) electrons. The van der Waals surface area contributed by atoms with Gasteiger partial charge < -0.3 is 20.3 Å². The Labute approximate surface area is 176 Å². The zero-order chi connectivity index (χ0) is 21.3. The van der Waals surface area contributed by atoms with Crippen LogP contribution in [0.5, 0.6) is 5.75 Å². The fourth-order valence-electron chi connectivity index (χ4n) is 2.91. The van der Waals surface area contributed by atoms with E-state index < -0.39 is 0 Å². The van der Waals surface area contributed by atoms with Crippen molar-refractivity contribution < 1.29 is 14.3 Å². The van der Waals surface area contributed by atoms with Gasteiger partial charge in [0.05, 0.1) is 13.2 Å². The predicted octanol–water partition coefficient (Wildman–Crippen LogP) is 4.41. The first-order chi connectivity index (χ1) is 14.6. The summed E-state index contributed by atoms with van der Waals surface area (Å²) in [5.74, 6) is 0.441. The van der Waals surface area contributed by atoms with Crippen LogP contribution in [0.15, 0.2) is 78.9 Å². The highest BCUT2D eigenvalue weighted by Gasteiger charge is 2.13. The number of carbonyl (C=O) groups is 2. The summed E-state index contributed by atoms with van der Waals surface area (Å²) in [6.45, 7) is 2.59. The van der Waals surface area contributed by atoms with Gasteiger partial charge >= 0.3 is 0 Å². The van der Waals surface area contributed by atoms with Gasteiger partial charge in [-0.3, -0.25) is 9.59 Å². The van der Waals surface area contributed by atoms with Gasteiger partial charge in [0.2, 0.25) is 5.91 Å². The molecular weight excluding hydrogens is 378 g/mol. The third kappa shape index (κ3) is 5.61. The maximum atomic E-state index is 12.6. The third-order valence-corrected chi connectivity index (χ3v) is 4.46. The number of benzene rings is 3. The average Bonchev–Trinajstić information content (AvgIpc) is 2.78. The van der Waals surface area contributed by atoms with Gasteiger partial charge in [-0.1, -0.05) is 24.3 Å². The molecule has 3 aromatic carbocycles. The Morgan fingerprint density at radius 2 is 1.63 bits per heavy atom. The third-order valence-electron chi connectivity index (χ3n) is 4.46. The van der Waals surface area contributed by atoms with Gasteiger partial charge in [0, 0.05) is 35.7 Å². The fourth-order valence-corrected chi connectivity index (χ4v) is 2.91. The number of rotatable bonds is 8. The number of para-hydroxylation sites is 1. The monoisotopic (exact) mass is 403 g/mol. The molecule has 0 bridgehead atoms. The van der Waals surface area contributed by atoms with Crippen LogP contribution < -0.4 is 20.3 Å². The van der Waals surface area contributed by atoms with E-state index >= 15 is 0 Å². The molecule has 0 saturated heterocycles. The quantitative estimate of drug-likeness (QED) is 0.584. The van der Waals surface area contributed by atoms with Crippen molar-refractivity contribution in [3.05, 3.63) is 84.4 Å². The molecule has 30 heavy (non-hydrogen) atoms. The number of amides is 2. The zero-order valence-corrected chi connectivity index (χ0v) is 17.1. The minimum absolute atomic E-state index is 0.0975. The summed E-state index contributed by atoms with van der Waals surface area (Å²) in [6.07, 6.45) is 0. The minimum atomic E-state index is -0.174. The lowest BCUT2D eigenvalue weighted by molar-refractivity contribution is -0.114. The van der Waals surface area contributed by atoms with Crippen LogP contribution in [0.1, 0.15) is 17.3 Å². The molecule has 2 amide bonds. The molecule has 0 unspecified atom stereocenters. The van der Waals surface area contributed by atoms with Crippen LogP contribution in [0.3, 0.4) is 0 Å². The topological polar surface area (TPSA) is 70.7 Å². The molecule has 154 valence electrons. The molecule has 0 heterocycles. The van der Waals surface area contributed by atoms with E-state index in [1.54, 1.807) is 42.3 Å².